The first kappa shape index (κ1) is 11.8. The van der Waals surface area contributed by atoms with Gasteiger partial charge in [0.25, 0.3) is 0 Å². The van der Waals surface area contributed by atoms with Crippen molar-refractivity contribution >= 4 is 11.9 Å². The molecule has 7 nitrogen and oxygen atoms in total. The Labute approximate surface area is 73.2 Å². The van der Waals surface area contributed by atoms with E-state index in [2.05, 4.69) is 4.74 Å². The molecule has 4 N–H and O–H groups in total. The van der Waals surface area contributed by atoms with Crippen LogP contribution in [0.5, 0.6) is 0 Å². The molecular formula is C6H10O7. The largest absolute Gasteiger partial charge is 0.480 e. The van der Waals surface area contributed by atoms with Gasteiger partial charge in [0.15, 0.2) is 0 Å². The standard InChI is InChI=1S/C6H10O7/c7-2-6(3-8,5(11)12)13-1-4(9)10/h7-8H,1-3H2,(H,9,10)(H,11,12). The van der Waals surface area contributed by atoms with Crippen LogP contribution in [0.2, 0.25) is 0 Å². The molecule has 0 rings (SSSR count). The summed E-state index contributed by atoms with van der Waals surface area (Å²) in [7, 11) is 0. The highest BCUT2D eigenvalue weighted by Crippen LogP contribution is 2.09. The first-order valence-corrected chi connectivity index (χ1v) is 3.29. The Morgan fingerprint density at radius 1 is 1.15 bits per heavy atom. The Morgan fingerprint density at radius 3 is 1.85 bits per heavy atom. The van der Waals surface area contributed by atoms with Crippen molar-refractivity contribution in [3.05, 3.63) is 0 Å². The second-order valence-corrected chi connectivity index (χ2v) is 2.30. The zero-order valence-electron chi connectivity index (χ0n) is 6.63. The number of carboxylic acid groups (broad SMARTS) is 2. The SMILES string of the molecule is O=C(O)COC(CO)(CO)C(=O)O. The zero-order chi connectivity index (χ0) is 10.5. The third-order valence-electron chi connectivity index (χ3n) is 1.37. The molecule has 0 aromatic carbocycles. The molecule has 0 bridgehead atoms. The van der Waals surface area contributed by atoms with E-state index in [0.717, 1.165) is 0 Å². The molecule has 0 aliphatic rings. The smallest absolute Gasteiger partial charge is 0.340 e. The fraction of sp³-hybridized carbons (Fsp3) is 0.667. The fourth-order valence-corrected chi connectivity index (χ4v) is 0.538. The van der Waals surface area contributed by atoms with Crippen LogP contribution in [0.3, 0.4) is 0 Å². The molecule has 0 unspecified atom stereocenters. The molecular weight excluding hydrogens is 184 g/mol. The van der Waals surface area contributed by atoms with Crippen LogP contribution in [0.25, 0.3) is 0 Å². The number of hydrogen-bond donors (Lipinski definition) is 4. The molecule has 0 aliphatic heterocycles. The van der Waals surface area contributed by atoms with Crippen molar-refractivity contribution < 1.29 is 34.8 Å². The van der Waals surface area contributed by atoms with Crippen molar-refractivity contribution in [3.8, 4) is 0 Å². The van der Waals surface area contributed by atoms with E-state index >= 15 is 0 Å². The van der Waals surface area contributed by atoms with Crippen LogP contribution in [-0.4, -0.2) is 57.8 Å². The highest BCUT2D eigenvalue weighted by atomic mass is 16.6. The minimum Gasteiger partial charge on any atom is -0.480 e. The van der Waals surface area contributed by atoms with Crippen LogP contribution in [-0.2, 0) is 14.3 Å². The molecule has 0 saturated heterocycles. The van der Waals surface area contributed by atoms with Crippen LogP contribution in [0.4, 0.5) is 0 Å². The van der Waals surface area contributed by atoms with Crippen molar-refractivity contribution in [2.75, 3.05) is 19.8 Å². The summed E-state index contributed by atoms with van der Waals surface area (Å²) in [5.74, 6) is -2.99. The van der Waals surface area contributed by atoms with E-state index in [0.29, 0.717) is 0 Å². The Kier molecular flexibility index (Phi) is 4.32. The molecule has 0 aliphatic carbocycles. The van der Waals surface area contributed by atoms with E-state index in [1.165, 1.54) is 0 Å². The maximum Gasteiger partial charge on any atom is 0.340 e. The second kappa shape index (κ2) is 4.75. The van der Waals surface area contributed by atoms with Gasteiger partial charge < -0.3 is 25.2 Å². The number of aliphatic hydroxyl groups excluding tert-OH is 2. The lowest BCUT2D eigenvalue weighted by Gasteiger charge is -2.23. The van der Waals surface area contributed by atoms with Gasteiger partial charge in [0.1, 0.15) is 6.61 Å². The van der Waals surface area contributed by atoms with Crippen molar-refractivity contribution in [3.63, 3.8) is 0 Å². The molecule has 0 radical (unpaired) electrons. The normalized spacial score (nSPS) is 11.2. The molecule has 0 fully saturated rings. The van der Waals surface area contributed by atoms with Crippen molar-refractivity contribution in [1.82, 2.24) is 0 Å². The quantitative estimate of drug-likeness (QED) is 0.381. The van der Waals surface area contributed by atoms with Crippen LogP contribution >= 0.6 is 0 Å². The van der Waals surface area contributed by atoms with Crippen LogP contribution in [0.15, 0.2) is 0 Å². The average molecular weight is 194 g/mol. The van der Waals surface area contributed by atoms with Crippen LogP contribution < -0.4 is 0 Å². The lowest BCUT2D eigenvalue weighted by atomic mass is 10.1. The van der Waals surface area contributed by atoms with E-state index in [9.17, 15) is 9.59 Å². The first-order valence-electron chi connectivity index (χ1n) is 3.29. The molecule has 76 valence electrons. The average Bonchev–Trinajstić information content (AvgIpc) is 2.06. The summed E-state index contributed by atoms with van der Waals surface area (Å²) in [6.07, 6.45) is 0. The van der Waals surface area contributed by atoms with Gasteiger partial charge in [0.2, 0.25) is 5.60 Å². The molecule has 0 spiro atoms. The summed E-state index contributed by atoms with van der Waals surface area (Å²) in [4.78, 5) is 20.5. The molecule has 0 amide bonds. The molecule has 0 saturated carbocycles. The van der Waals surface area contributed by atoms with E-state index < -0.39 is 37.4 Å². The number of rotatable bonds is 6. The third-order valence-corrected chi connectivity index (χ3v) is 1.37. The van der Waals surface area contributed by atoms with E-state index in [-0.39, 0.29) is 0 Å². The number of ether oxygens (including phenoxy) is 1. The van der Waals surface area contributed by atoms with Crippen molar-refractivity contribution in [2.45, 2.75) is 5.60 Å². The first-order chi connectivity index (χ1) is 5.98. The molecule has 13 heavy (non-hydrogen) atoms. The van der Waals surface area contributed by atoms with Gasteiger partial charge in [-0.25, -0.2) is 9.59 Å². The van der Waals surface area contributed by atoms with Gasteiger partial charge in [0, 0.05) is 0 Å². The predicted octanol–water partition coefficient (Wildman–Crippen LogP) is -2.10. The lowest BCUT2D eigenvalue weighted by molar-refractivity contribution is -0.182. The summed E-state index contributed by atoms with van der Waals surface area (Å²) in [6, 6.07) is 0. The van der Waals surface area contributed by atoms with Gasteiger partial charge >= 0.3 is 11.9 Å². The molecule has 0 aromatic rings. The molecule has 0 heterocycles. The minimum atomic E-state index is -2.24. The molecule has 0 aromatic heterocycles. The van der Waals surface area contributed by atoms with E-state index in [1.807, 2.05) is 0 Å². The highest BCUT2D eigenvalue weighted by molar-refractivity contribution is 5.78. The Balaban J connectivity index is 4.39. The summed E-state index contributed by atoms with van der Waals surface area (Å²) in [6.45, 7) is -2.88. The summed E-state index contributed by atoms with van der Waals surface area (Å²) < 4.78 is 4.35. The van der Waals surface area contributed by atoms with Gasteiger partial charge in [0.05, 0.1) is 13.2 Å². The van der Waals surface area contributed by atoms with Gasteiger partial charge in [-0.15, -0.1) is 0 Å². The van der Waals surface area contributed by atoms with Crippen LogP contribution in [0.1, 0.15) is 0 Å². The van der Waals surface area contributed by atoms with Gasteiger partial charge in [-0.2, -0.15) is 0 Å². The number of hydrogen-bond acceptors (Lipinski definition) is 5. The van der Waals surface area contributed by atoms with Crippen molar-refractivity contribution in [2.24, 2.45) is 0 Å². The lowest BCUT2D eigenvalue weighted by Crippen LogP contribution is -2.49. The summed E-state index contributed by atoms with van der Waals surface area (Å²) >= 11 is 0. The maximum atomic E-state index is 10.5. The Bertz CT molecular complexity index is 195. The monoisotopic (exact) mass is 194 g/mol. The van der Waals surface area contributed by atoms with Crippen LogP contribution in [0, 0.1) is 0 Å². The van der Waals surface area contributed by atoms with Gasteiger partial charge in [-0.1, -0.05) is 0 Å². The fourth-order valence-electron chi connectivity index (χ4n) is 0.538. The topological polar surface area (TPSA) is 124 Å². The Hall–Kier alpha value is -1.18. The maximum absolute atomic E-state index is 10.5. The highest BCUT2D eigenvalue weighted by Gasteiger charge is 2.39. The number of aliphatic carboxylic acids is 2. The predicted molar refractivity (Wildman–Crippen MR) is 38.1 cm³/mol. The molecule has 7 heteroatoms. The zero-order valence-corrected chi connectivity index (χ0v) is 6.63. The summed E-state index contributed by atoms with van der Waals surface area (Å²) in [5, 5.41) is 33.9. The third kappa shape index (κ3) is 2.98. The van der Waals surface area contributed by atoms with E-state index in [1.54, 1.807) is 0 Å². The molecule has 0 atom stereocenters. The second-order valence-electron chi connectivity index (χ2n) is 2.30. The summed E-state index contributed by atoms with van der Waals surface area (Å²) in [5.41, 5.74) is -2.24. The van der Waals surface area contributed by atoms with Crippen molar-refractivity contribution in [1.29, 1.82) is 0 Å². The minimum absolute atomic E-state index is 0.895. The Morgan fingerprint density at radius 2 is 1.62 bits per heavy atom. The number of carboxylic acids is 2. The van der Waals surface area contributed by atoms with Gasteiger partial charge in [-0.3, -0.25) is 0 Å². The van der Waals surface area contributed by atoms with E-state index in [4.69, 9.17) is 20.4 Å². The van der Waals surface area contributed by atoms with Gasteiger partial charge in [-0.05, 0) is 0 Å². The number of aliphatic hydroxyl groups is 2. The number of carbonyl (C=O) groups is 2.